The summed E-state index contributed by atoms with van der Waals surface area (Å²) < 4.78 is 5.08. The maximum atomic E-state index is 11.2. The Bertz CT molecular complexity index is 185. The van der Waals surface area contributed by atoms with Gasteiger partial charge in [0.1, 0.15) is 0 Å². The topological polar surface area (TPSA) is 26.3 Å². The largest absolute Gasteiger partial charge is 0.463 e. The van der Waals surface area contributed by atoms with Crippen LogP contribution in [0, 0.1) is 0 Å². The van der Waals surface area contributed by atoms with E-state index in [-0.39, 0.29) is 5.97 Å². The van der Waals surface area contributed by atoms with Crippen molar-refractivity contribution in [3.05, 3.63) is 12.2 Å². The number of hydrogen-bond donors (Lipinski definition) is 0. The van der Waals surface area contributed by atoms with Crippen LogP contribution in [0.4, 0.5) is 0 Å². The number of allylic oxidation sites excluding steroid dienone is 1. The van der Waals surface area contributed by atoms with E-state index in [1.165, 1.54) is 25.7 Å². The van der Waals surface area contributed by atoms with Gasteiger partial charge in [-0.2, -0.15) is 0 Å². The fourth-order valence-electron chi connectivity index (χ4n) is 1.43. The van der Waals surface area contributed by atoms with Gasteiger partial charge in [0, 0.05) is 6.08 Å². The van der Waals surface area contributed by atoms with Gasteiger partial charge in [-0.25, -0.2) is 4.79 Å². The van der Waals surface area contributed by atoms with Crippen LogP contribution in [0.3, 0.4) is 0 Å². The van der Waals surface area contributed by atoms with Crippen LogP contribution in [0.15, 0.2) is 12.2 Å². The van der Waals surface area contributed by atoms with Gasteiger partial charge in [0.05, 0.1) is 6.61 Å². The number of esters is 1. The molecule has 0 aromatic carbocycles. The van der Waals surface area contributed by atoms with E-state index in [4.69, 9.17) is 4.74 Å². The molecule has 16 heavy (non-hydrogen) atoms. The monoisotopic (exact) mass is 226 g/mol. The third kappa shape index (κ3) is 11.3. The smallest absolute Gasteiger partial charge is 0.330 e. The van der Waals surface area contributed by atoms with Crippen LogP contribution in [0.2, 0.25) is 0 Å². The fourth-order valence-corrected chi connectivity index (χ4v) is 1.43. The molecule has 0 saturated carbocycles. The minimum absolute atomic E-state index is 0.188. The average Bonchev–Trinajstić information content (AvgIpc) is 2.29. The molecule has 94 valence electrons. The van der Waals surface area contributed by atoms with Crippen LogP contribution in [-0.2, 0) is 9.53 Å². The first-order valence-corrected chi connectivity index (χ1v) is 6.64. The maximum absolute atomic E-state index is 11.2. The molecule has 0 saturated heterocycles. The lowest BCUT2D eigenvalue weighted by Crippen LogP contribution is -2.02. The van der Waals surface area contributed by atoms with Gasteiger partial charge in [-0.1, -0.05) is 58.4 Å². The predicted octanol–water partition coefficient (Wildman–Crippen LogP) is 4.25. The zero-order valence-electron chi connectivity index (χ0n) is 10.8. The van der Waals surface area contributed by atoms with Crippen LogP contribution in [0.5, 0.6) is 0 Å². The highest BCUT2D eigenvalue weighted by molar-refractivity contribution is 5.81. The molecular weight excluding hydrogens is 200 g/mol. The number of rotatable bonds is 10. The van der Waals surface area contributed by atoms with E-state index in [2.05, 4.69) is 13.8 Å². The molecule has 0 aliphatic heterocycles. The van der Waals surface area contributed by atoms with Crippen molar-refractivity contribution in [2.45, 2.75) is 65.2 Å². The van der Waals surface area contributed by atoms with Crippen LogP contribution in [0.25, 0.3) is 0 Å². The zero-order valence-corrected chi connectivity index (χ0v) is 10.8. The van der Waals surface area contributed by atoms with E-state index in [1.54, 1.807) is 6.08 Å². The van der Waals surface area contributed by atoms with Gasteiger partial charge in [0.15, 0.2) is 0 Å². The highest BCUT2D eigenvalue weighted by Gasteiger charge is 1.95. The molecular formula is C14H26O2. The number of ether oxygens (including phenoxy) is 1. The highest BCUT2D eigenvalue weighted by atomic mass is 16.5. The first-order chi connectivity index (χ1) is 7.81. The standard InChI is InChI=1S/C14H26O2/c1-3-5-7-9-11-13-16-14(15)12-10-8-6-4-2/h10,12H,3-9,11,13H2,1-2H3/b12-10+. The lowest BCUT2D eigenvalue weighted by atomic mass is 10.2. The summed E-state index contributed by atoms with van der Waals surface area (Å²) in [6.45, 7) is 4.91. The molecule has 2 nitrogen and oxygen atoms in total. The van der Waals surface area contributed by atoms with Gasteiger partial charge in [-0.05, 0) is 12.8 Å². The third-order valence-corrected chi connectivity index (χ3v) is 2.47. The molecule has 0 fully saturated rings. The van der Waals surface area contributed by atoms with Gasteiger partial charge in [0.25, 0.3) is 0 Å². The molecule has 0 rings (SSSR count). The molecule has 0 amide bonds. The molecule has 0 heterocycles. The third-order valence-electron chi connectivity index (χ3n) is 2.47. The summed E-state index contributed by atoms with van der Waals surface area (Å²) in [4.78, 5) is 11.2. The lowest BCUT2D eigenvalue weighted by molar-refractivity contribution is -0.137. The molecule has 0 bridgehead atoms. The second-order valence-corrected chi connectivity index (χ2v) is 4.13. The maximum Gasteiger partial charge on any atom is 0.330 e. The summed E-state index contributed by atoms with van der Waals surface area (Å²) >= 11 is 0. The SMILES string of the molecule is CCCC/C=C/C(=O)OCCCCCCC. The van der Waals surface area contributed by atoms with Crippen molar-refractivity contribution in [3.63, 3.8) is 0 Å². The first kappa shape index (κ1) is 15.2. The molecule has 0 radical (unpaired) electrons. The van der Waals surface area contributed by atoms with Crippen molar-refractivity contribution in [1.82, 2.24) is 0 Å². The minimum atomic E-state index is -0.188. The molecule has 0 N–H and O–H groups in total. The Hall–Kier alpha value is -0.790. The molecule has 0 aromatic rings. The number of carbonyl (C=O) groups is 1. The molecule has 2 heteroatoms. The summed E-state index contributed by atoms with van der Waals surface area (Å²) in [6, 6.07) is 0. The number of carbonyl (C=O) groups excluding carboxylic acids is 1. The average molecular weight is 226 g/mol. The Labute approximate surface area is 100 Å². The van der Waals surface area contributed by atoms with Crippen molar-refractivity contribution in [1.29, 1.82) is 0 Å². The van der Waals surface area contributed by atoms with Gasteiger partial charge < -0.3 is 4.74 Å². The van der Waals surface area contributed by atoms with Crippen molar-refractivity contribution >= 4 is 5.97 Å². The van der Waals surface area contributed by atoms with Gasteiger partial charge in [0.2, 0.25) is 0 Å². The Balaban J connectivity index is 3.26. The molecule has 0 unspecified atom stereocenters. The van der Waals surface area contributed by atoms with Crippen LogP contribution in [0.1, 0.15) is 65.2 Å². The van der Waals surface area contributed by atoms with Gasteiger partial charge in [-0.15, -0.1) is 0 Å². The van der Waals surface area contributed by atoms with Crippen molar-refractivity contribution < 1.29 is 9.53 Å². The van der Waals surface area contributed by atoms with Crippen molar-refractivity contribution in [2.75, 3.05) is 6.61 Å². The Morgan fingerprint density at radius 1 is 1.00 bits per heavy atom. The van der Waals surface area contributed by atoms with Crippen molar-refractivity contribution in [3.8, 4) is 0 Å². The van der Waals surface area contributed by atoms with Crippen LogP contribution in [-0.4, -0.2) is 12.6 Å². The van der Waals surface area contributed by atoms with Gasteiger partial charge >= 0.3 is 5.97 Å². The normalized spacial score (nSPS) is 10.9. The minimum Gasteiger partial charge on any atom is -0.463 e. The van der Waals surface area contributed by atoms with Crippen LogP contribution >= 0.6 is 0 Å². The van der Waals surface area contributed by atoms with E-state index in [9.17, 15) is 4.79 Å². The number of unbranched alkanes of at least 4 members (excludes halogenated alkanes) is 6. The zero-order chi connectivity index (χ0) is 12.1. The highest BCUT2D eigenvalue weighted by Crippen LogP contribution is 2.02. The second kappa shape index (κ2) is 12.3. The number of hydrogen-bond acceptors (Lipinski definition) is 2. The lowest BCUT2D eigenvalue weighted by Gasteiger charge is -2.01. The summed E-state index contributed by atoms with van der Waals surface area (Å²) in [5, 5.41) is 0. The Morgan fingerprint density at radius 3 is 2.38 bits per heavy atom. The predicted molar refractivity (Wildman–Crippen MR) is 68.4 cm³/mol. The molecule has 0 spiro atoms. The summed E-state index contributed by atoms with van der Waals surface area (Å²) in [5.74, 6) is -0.188. The summed E-state index contributed by atoms with van der Waals surface area (Å²) in [7, 11) is 0. The van der Waals surface area contributed by atoms with E-state index in [1.807, 2.05) is 6.08 Å². The Morgan fingerprint density at radius 2 is 1.69 bits per heavy atom. The summed E-state index contributed by atoms with van der Waals surface area (Å²) in [5.41, 5.74) is 0. The second-order valence-electron chi connectivity index (χ2n) is 4.13. The molecule has 0 aliphatic carbocycles. The molecule has 0 atom stereocenters. The van der Waals surface area contributed by atoms with Gasteiger partial charge in [-0.3, -0.25) is 0 Å². The van der Waals surface area contributed by atoms with Crippen molar-refractivity contribution in [2.24, 2.45) is 0 Å². The quantitative estimate of drug-likeness (QED) is 0.316. The van der Waals surface area contributed by atoms with Crippen LogP contribution < -0.4 is 0 Å². The molecule has 0 aliphatic rings. The van der Waals surface area contributed by atoms with E-state index < -0.39 is 0 Å². The van der Waals surface area contributed by atoms with E-state index in [0.717, 1.165) is 25.7 Å². The van der Waals surface area contributed by atoms with E-state index >= 15 is 0 Å². The van der Waals surface area contributed by atoms with E-state index in [0.29, 0.717) is 6.61 Å². The summed E-state index contributed by atoms with van der Waals surface area (Å²) in [6.07, 6.45) is 12.7. The molecule has 0 aromatic heterocycles. The first-order valence-electron chi connectivity index (χ1n) is 6.64. The fraction of sp³-hybridized carbons (Fsp3) is 0.786. The Kier molecular flexibility index (Phi) is 11.7.